The van der Waals surface area contributed by atoms with E-state index in [2.05, 4.69) is 66.5 Å². The van der Waals surface area contributed by atoms with Gasteiger partial charge < -0.3 is 9.47 Å². The number of hydrogen-bond acceptors (Lipinski definition) is 4. The van der Waals surface area contributed by atoms with Gasteiger partial charge in [-0.1, -0.05) is 48.0 Å². The summed E-state index contributed by atoms with van der Waals surface area (Å²) in [5.74, 6) is 1.80. The predicted molar refractivity (Wildman–Crippen MR) is 119 cm³/mol. The van der Waals surface area contributed by atoms with Crippen molar-refractivity contribution >= 4 is 5.71 Å². The van der Waals surface area contributed by atoms with Crippen LogP contribution in [0.3, 0.4) is 0 Å². The van der Waals surface area contributed by atoms with Gasteiger partial charge in [0.2, 0.25) is 6.23 Å². The number of para-hydroxylation sites is 1. The van der Waals surface area contributed by atoms with Crippen LogP contribution in [0.2, 0.25) is 0 Å². The SMILES string of the molecule is Cc1ccc(C2=NN3[C@@H](c4ccc(OC(C)C)cc4)Oc4ccccc4[C@@H]3C2)cc1. The largest absolute Gasteiger partial charge is 0.491 e. The van der Waals surface area contributed by atoms with E-state index in [4.69, 9.17) is 14.6 Å². The molecule has 0 fully saturated rings. The van der Waals surface area contributed by atoms with Gasteiger partial charge in [-0.15, -0.1) is 0 Å². The fraction of sp³-hybridized carbons (Fsp3) is 0.269. The van der Waals surface area contributed by atoms with Crippen molar-refractivity contribution in [1.29, 1.82) is 0 Å². The topological polar surface area (TPSA) is 34.1 Å². The third-order valence-corrected chi connectivity index (χ3v) is 5.62. The van der Waals surface area contributed by atoms with Crippen LogP contribution in [0, 0.1) is 6.92 Å². The van der Waals surface area contributed by atoms with E-state index in [0.29, 0.717) is 0 Å². The molecular weight excluding hydrogens is 372 g/mol. The molecule has 4 heteroatoms. The third kappa shape index (κ3) is 3.43. The van der Waals surface area contributed by atoms with Crippen LogP contribution in [-0.4, -0.2) is 16.8 Å². The van der Waals surface area contributed by atoms with Gasteiger partial charge in [0, 0.05) is 17.5 Å². The summed E-state index contributed by atoms with van der Waals surface area (Å²) in [5.41, 5.74) is 5.79. The van der Waals surface area contributed by atoms with Gasteiger partial charge in [0.25, 0.3) is 0 Å². The molecule has 2 atom stereocenters. The maximum absolute atomic E-state index is 6.43. The Morgan fingerprint density at radius 1 is 0.967 bits per heavy atom. The molecule has 0 radical (unpaired) electrons. The summed E-state index contributed by atoms with van der Waals surface area (Å²) in [6.07, 6.45) is 0.758. The zero-order valence-electron chi connectivity index (χ0n) is 17.6. The summed E-state index contributed by atoms with van der Waals surface area (Å²) in [6.45, 7) is 6.17. The summed E-state index contributed by atoms with van der Waals surface area (Å²) < 4.78 is 12.2. The van der Waals surface area contributed by atoms with Gasteiger partial charge in [-0.25, -0.2) is 5.01 Å². The molecule has 2 aliphatic rings. The Kier molecular flexibility index (Phi) is 4.70. The molecule has 152 valence electrons. The molecule has 0 amide bonds. The van der Waals surface area contributed by atoms with E-state index in [0.717, 1.165) is 29.2 Å². The monoisotopic (exact) mass is 398 g/mol. The molecule has 0 bridgehead atoms. The van der Waals surface area contributed by atoms with Crippen molar-refractivity contribution in [3.05, 3.63) is 95.1 Å². The Balaban J connectivity index is 1.51. The van der Waals surface area contributed by atoms with Gasteiger partial charge in [-0.05, 0) is 56.7 Å². The summed E-state index contributed by atoms with van der Waals surface area (Å²) in [6, 6.07) is 25.3. The van der Waals surface area contributed by atoms with E-state index in [1.807, 2.05) is 32.0 Å². The zero-order chi connectivity index (χ0) is 20.7. The summed E-state index contributed by atoms with van der Waals surface area (Å²) in [7, 11) is 0. The molecule has 0 N–H and O–H groups in total. The first-order valence-electron chi connectivity index (χ1n) is 10.5. The van der Waals surface area contributed by atoms with Crippen LogP contribution in [0.4, 0.5) is 0 Å². The van der Waals surface area contributed by atoms with Crippen molar-refractivity contribution in [2.24, 2.45) is 5.10 Å². The molecule has 0 aromatic heterocycles. The van der Waals surface area contributed by atoms with E-state index in [9.17, 15) is 0 Å². The molecule has 0 unspecified atom stereocenters. The maximum atomic E-state index is 6.43. The minimum absolute atomic E-state index is 0.151. The van der Waals surface area contributed by atoms with Crippen molar-refractivity contribution < 1.29 is 9.47 Å². The maximum Gasteiger partial charge on any atom is 0.213 e. The first-order valence-corrected chi connectivity index (χ1v) is 10.5. The zero-order valence-corrected chi connectivity index (χ0v) is 17.6. The van der Waals surface area contributed by atoms with Crippen molar-refractivity contribution in [1.82, 2.24) is 5.01 Å². The van der Waals surface area contributed by atoms with E-state index in [1.165, 1.54) is 16.7 Å². The molecule has 5 rings (SSSR count). The number of benzene rings is 3. The van der Waals surface area contributed by atoms with Crippen molar-refractivity contribution in [3.63, 3.8) is 0 Å². The molecule has 0 saturated heterocycles. The first-order chi connectivity index (χ1) is 14.6. The van der Waals surface area contributed by atoms with Crippen LogP contribution in [0.15, 0.2) is 77.9 Å². The minimum Gasteiger partial charge on any atom is -0.491 e. The lowest BCUT2D eigenvalue weighted by Crippen LogP contribution is -2.33. The highest BCUT2D eigenvalue weighted by atomic mass is 16.5. The second-order valence-electron chi connectivity index (χ2n) is 8.26. The Morgan fingerprint density at radius 2 is 1.70 bits per heavy atom. The molecule has 30 heavy (non-hydrogen) atoms. The van der Waals surface area contributed by atoms with Crippen molar-refractivity contribution in [3.8, 4) is 11.5 Å². The lowest BCUT2D eigenvalue weighted by atomic mass is 9.95. The smallest absolute Gasteiger partial charge is 0.213 e. The minimum atomic E-state index is -0.263. The first kappa shape index (κ1) is 18.7. The average Bonchev–Trinajstić information content (AvgIpc) is 3.20. The van der Waals surface area contributed by atoms with E-state index < -0.39 is 0 Å². The number of hydrazone groups is 1. The molecule has 3 aromatic rings. The second kappa shape index (κ2) is 7.52. The van der Waals surface area contributed by atoms with Crippen LogP contribution >= 0.6 is 0 Å². The molecular formula is C26H26N2O2. The highest BCUT2D eigenvalue weighted by Crippen LogP contribution is 2.47. The fourth-order valence-electron chi connectivity index (χ4n) is 4.16. The molecule has 0 spiro atoms. The molecule has 2 aliphatic heterocycles. The van der Waals surface area contributed by atoms with Crippen LogP contribution in [0.1, 0.15) is 54.8 Å². The summed E-state index contributed by atoms with van der Waals surface area (Å²) in [5, 5.41) is 7.15. The van der Waals surface area contributed by atoms with E-state index >= 15 is 0 Å². The highest BCUT2D eigenvalue weighted by molar-refractivity contribution is 6.02. The molecule has 4 nitrogen and oxygen atoms in total. The normalized spacial score (nSPS) is 19.7. The van der Waals surface area contributed by atoms with Gasteiger partial charge in [-0.2, -0.15) is 5.10 Å². The fourth-order valence-corrected chi connectivity index (χ4v) is 4.16. The number of aryl methyl sites for hydroxylation is 1. The van der Waals surface area contributed by atoms with Crippen LogP contribution < -0.4 is 9.47 Å². The Hall–Kier alpha value is -3.27. The van der Waals surface area contributed by atoms with Crippen LogP contribution in [0.5, 0.6) is 11.5 Å². The number of fused-ring (bicyclic) bond motifs is 3. The van der Waals surface area contributed by atoms with E-state index in [1.54, 1.807) is 0 Å². The molecule has 0 aliphatic carbocycles. The second-order valence-corrected chi connectivity index (χ2v) is 8.26. The summed E-state index contributed by atoms with van der Waals surface area (Å²) in [4.78, 5) is 0. The number of hydrogen-bond donors (Lipinski definition) is 0. The lowest BCUT2D eigenvalue weighted by molar-refractivity contribution is -0.0190. The highest BCUT2D eigenvalue weighted by Gasteiger charge is 2.40. The molecule has 0 saturated carbocycles. The standard InChI is InChI=1S/C26H26N2O2/c1-17(2)29-21-14-12-20(13-15-21)26-28-24(22-6-4-5-7-25(22)30-26)16-23(27-28)19-10-8-18(3)9-11-19/h4-15,17,24,26H,16H2,1-3H3/t24-,26+/m0/s1. The third-order valence-electron chi connectivity index (χ3n) is 5.62. The Bertz CT molecular complexity index is 1070. The molecule has 3 aromatic carbocycles. The summed E-state index contributed by atoms with van der Waals surface area (Å²) >= 11 is 0. The average molecular weight is 399 g/mol. The van der Waals surface area contributed by atoms with Crippen molar-refractivity contribution in [2.75, 3.05) is 0 Å². The lowest BCUT2D eigenvalue weighted by Gasteiger charge is -2.38. The Morgan fingerprint density at radius 3 is 2.43 bits per heavy atom. The van der Waals surface area contributed by atoms with Gasteiger partial charge in [0.1, 0.15) is 11.5 Å². The van der Waals surface area contributed by atoms with Crippen LogP contribution in [0.25, 0.3) is 0 Å². The van der Waals surface area contributed by atoms with Gasteiger partial charge in [0.05, 0.1) is 17.9 Å². The van der Waals surface area contributed by atoms with E-state index in [-0.39, 0.29) is 18.4 Å². The Labute approximate surface area is 177 Å². The number of ether oxygens (including phenoxy) is 2. The quantitative estimate of drug-likeness (QED) is 0.538. The van der Waals surface area contributed by atoms with Gasteiger partial charge >= 0.3 is 0 Å². The van der Waals surface area contributed by atoms with Crippen LogP contribution in [-0.2, 0) is 0 Å². The predicted octanol–water partition coefficient (Wildman–Crippen LogP) is 6.02. The van der Waals surface area contributed by atoms with Gasteiger partial charge in [-0.3, -0.25) is 0 Å². The molecule has 2 heterocycles. The number of rotatable bonds is 4. The number of nitrogens with zero attached hydrogens (tertiary/aromatic N) is 2. The van der Waals surface area contributed by atoms with Gasteiger partial charge in [0.15, 0.2) is 0 Å². The van der Waals surface area contributed by atoms with Crippen molar-refractivity contribution in [2.45, 2.75) is 45.6 Å².